The monoisotopic (exact) mass is 481 g/mol. The highest BCUT2D eigenvalue weighted by molar-refractivity contribution is 8.22. The second-order valence-electron chi connectivity index (χ2n) is 6.58. The van der Waals surface area contributed by atoms with Crippen molar-refractivity contribution < 1.29 is 22.4 Å². The van der Waals surface area contributed by atoms with Crippen LogP contribution in [-0.4, -0.2) is 34.5 Å². The topological polar surface area (TPSA) is 110 Å². The van der Waals surface area contributed by atoms with Gasteiger partial charge >= 0.3 is 0 Å². The van der Waals surface area contributed by atoms with E-state index in [-0.39, 0.29) is 14.4 Å². The predicted molar refractivity (Wildman–Crippen MR) is 121 cm³/mol. The molecule has 0 saturated carbocycles. The molecule has 164 valence electrons. The molecular formula is C20H20FN3O4S3. The summed E-state index contributed by atoms with van der Waals surface area (Å²) in [6.07, 6.45) is 1.67. The summed E-state index contributed by atoms with van der Waals surface area (Å²) in [5, 5.41) is 16.4. The summed E-state index contributed by atoms with van der Waals surface area (Å²) in [5.74, 6) is -0.0511. The molecule has 7 nitrogen and oxygen atoms in total. The molecule has 0 bridgehead atoms. The van der Waals surface area contributed by atoms with Crippen molar-refractivity contribution in [2.24, 2.45) is 5.14 Å². The molecule has 0 aliphatic rings. The van der Waals surface area contributed by atoms with E-state index in [1.165, 1.54) is 24.3 Å². The Morgan fingerprint density at radius 1 is 1.19 bits per heavy atom. The third-order valence-corrected chi connectivity index (χ3v) is 6.40. The number of halogens is 1. The van der Waals surface area contributed by atoms with E-state index in [4.69, 9.17) is 21.8 Å². The van der Waals surface area contributed by atoms with Crippen LogP contribution in [0.15, 0.2) is 63.1 Å². The number of hydroxylamine groups is 2. The van der Waals surface area contributed by atoms with Gasteiger partial charge in [-0.1, -0.05) is 13.3 Å². The molecule has 0 fully saturated rings. The molecule has 0 saturated heterocycles. The number of unbranched alkanes of at least 4 members (excludes halogenated alkanes) is 1. The Kier molecular flexibility index (Phi) is 7.44. The highest BCUT2D eigenvalue weighted by Gasteiger charge is 2.20. The van der Waals surface area contributed by atoms with Gasteiger partial charge in [0, 0.05) is 29.4 Å². The van der Waals surface area contributed by atoms with Gasteiger partial charge in [0.1, 0.15) is 11.5 Å². The average molecular weight is 482 g/mol. The van der Waals surface area contributed by atoms with Crippen molar-refractivity contribution in [3.8, 4) is 22.6 Å². The molecule has 3 N–H and O–H groups in total. The van der Waals surface area contributed by atoms with Crippen LogP contribution in [0.2, 0.25) is 0 Å². The van der Waals surface area contributed by atoms with Gasteiger partial charge in [-0.25, -0.2) is 28.0 Å². The van der Waals surface area contributed by atoms with E-state index < -0.39 is 15.8 Å². The van der Waals surface area contributed by atoms with Gasteiger partial charge in [-0.3, -0.25) is 5.21 Å². The van der Waals surface area contributed by atoms with E-state index in [0.29, 0.717) is 29.1 Å². The highest BCUT2D eigenvalue weighted by Crippen LogP contribution is 2.36. The van der Waals surface area contributed by atoms with Crippen LogP contribution in [-0.2, 0) is 10.0 Å². The predicted octanol–water partition coefficient (Wildman–Crippen LogP) is 4.66. The van der Waals surface area contributed by atoms with Crippen LogP contribution in [0.5, 0.6) is 0 Å². The van der Waals surface area contributed by atoms with Gasteiger partial charge in [-0.05, 0) is 67.2 Å². The zero-order valence-electron chi connectivity index (χ0n) is 16.5. The van der Waals surface area contributed by atoms with Crippen LogP contribution in [0.1, 0.15) is 19.8 Å². The van der Waals surface area contributed by atoms with Crippen LogP contribution in [0.3, 0.4) is 0 Å². The summed E-state index contributed by atoms with van der Waals surface area (Å²) in [7, 11) is -3.84. The molecule has 0 aliphatic carbocycles. The fraction of sp³-hybridized carbons (Fsp3) is 0.200. The maximum Gasteiger partial charge on any atom is 0.264 e. The van der Waals surface area contributed by atoms with Crippen molar-refractivity contribution in [1.82, 2.24) is 10.0 Å². The Bertz CT molecular complexity index is 1160. The zero-order valence-corrected chi connectivity index (χ0v) is 18.9. The summed E-state index contributed by atoms with van der Waals surface area (Å²) in [6.45, 7) is 2.39. The quantitative estimate of drug-likeness (QED) is 0.285. The number of thiocarbonyl (C=S) groups is 1. The highest BCUT2D eigenvalue weighted by atomic mass is 32.2. The molecular weight excluding hydrogens is 461 g/mol. The van der Waals surface area contributed by atoms with Gasteiger partial charge in [0.15, 0.2) is 10.1 Å². The molecule has 0 atom stereocenters. The first-order valence-corrected chi connectivity index (χ1v) is 12.0. The number of nitrogens with two attached hydrogens (primary N) is 1. The Morgan fingerprint density at radius 2 is 1.81 bits per heavy atom. The van der Waals surface area contributed by atoms with Gasteiger partial charge in [0.05, 0.1) is 4.90 Å². The van der Waals surface area contributed by atoms with E-state index in [0.717, 1.165) is 29.7 Å². The molecule has 2 aromatic carbocycles. The molecule has 1 aromatic heterocycles. The number of hydrogen-bond acceptors (Lipinski definition) is 7. The lowest BCUT2D eigenvalue weighted by atomic mass is 10.1. The second-order valence-corrected chi connectivity index (χ2v) is 9.73. The molecule has 0 amide bonds. The van der Waals surface area contributed by atoms with E-state index >= 15 is 0 Å². The van der Waals surface area contributed by atoms with Crippen molar-refractivity contribution in [3.05, 3.63) is 54.3 Å². The number of sulfonamides is 1. The molecule has 3 aromatic rings. The molecule has 1 heterocycles. The Balaban J connectivity index is 1.98. The SMILES string of the molecule is CCCCN(O)C(=S)Sc1nc(-c2ccc(F)cc2)c(-c2ccc(S(N)(=O)=O)cc2)o1. The van der Waals surface area contributed by atoms with Gasteiger partial charge in [-0.2, -0.15) is 0 Å². The van der Waals surface area contributed by atoms with Crippen molar-refractivity contribution >= 4 is 38.3 Å². The van der Waals surface area contributed by atoms with Gasteiger partial charge in [0.2, 0.25) is 10.0 Å². The Labute approximate surface area is 189 Å². The van der Waals surface area contributed by atoms with Gasteiger partial charge < -0.3 is 4.42 Å². The molecule has 0 unspecified atom stereocenters. The van der Waals surface area contributed by atoms with Crippen molar-refractivity contribution in [1.29, 1.82) is 0 Å². The first kappa shape index (κ1) is 23.4. The largest absolute Gasteiger partial charge is 0.430 e. The normalized spacial score (nSPS) is 11.5. The van der Waals surface area contributed by atoms with Crippen LogP contribution < -0.4 is 5.14 Å². The number of primary sulfonamides is 1. The Morgan fingerprint density at radius 3 is 2.39 bits per heavy atom. The lowest BCUT2D eigenvalue weighted by molar-refractivity contribution is -0.00878. The first-order chi connectivity index (χ1) is 14.7. The molecule has 0 radical (unpaired) electrons. The summed E-state index contributed by atoms with van der Waals surface area (Å²) in [5.41, 5.74) is 1.57. The average Bonchev–Trinajstić information content (AvgIpc) is 3.15. The van der Waals surface area contributed by atoms with Crippen LogP contribution in [0.4, 0.5) is 4.39 Å². The number of oxazole rings is 1. The van der Waals surface area contributed by atoms with Crippen LogP contribution in [0, 0.1) is 5.82 Å². The van der Waals surface area contributed by atoms with Crippen LogP contribution in [0.25, 0.3) is 22.6 Å². The van der Waals surface area contributed by atoms with Gasteiger partial charge in [0.25, 0.3) is 5.22 Å². The summed E-state index contributed by atoms with van der Waals surface area (Å²) in [6, 6.07) is 11.5. The minimum atomic E-state index is -3.84. The zero-order chi connectivity index (χ0) is 22.6. The number of benzene rings is 2. The van der Waals surface area contributed by atoms with Gasteiger partial charge in [-0.15, -0.1) is 0 Å². The van der Waals surface area contributed by atoms with Crippen LogP contribution >= 0.6 is 24.0 Å². The smallest absolute Gasteiger partial charge is 0.264 e. The maximum atomic E-state index is 13.4. The summed E-state index contributed by atoms with van der Waals surface area (Å²) >= 11 is 6.22. The minimum Gasteiger partial charge on any atom is -0.430 e. The van der Waals surface area contributed by atoms with E-state index in [1.807, 2.05) is 6.92 Å². The Hall–Kier alpha value is -2.31. The lowest BCUT2D eigenvalue weighted by Crippen LogP contribution is -2.24. The van der Waals surface area contributed by atoms with E-state index in [1.54, 1.807) is 24.3 Å². The third-order valence-electron chi connectivity index (χ3n) is 4.28. The van der Waals surface area contributed by atoms with E-state index in [2.05, 4.69) is 4.98 Å². The summed E-state index contributed by atoms with van der Waals surface area (Å²) in [4.78, 5) is 4.43. The minimum absolute atomic E-state index is 0.0401. The fourth-order valence-corrected chi connectivity index (χ4v) is 4.09. The molecule has 0 aliphatic heterocycles. The number of thioether (sulfide) groups is 1. The molecule has 31 heavy (non-hydrogen) atoms. The first-order valence-electron chi connectivity index (χ1n) is 9.27. The lowest BCUT2D eigenvalue weighted by Gasteiger charge is -2.14. The standard InChI is InChI=1S/C20H20FN3O4S3/c1-2-3-12-24(25)20(29)30-19-23-17(13-4-8-15(21)9-5-13)18(28-19)14-6-10-16(11-7-14)31(22,26)27/h4-11,25H,2-3,12H2,1H3,(H2,22,26,27). The van der Waals surface area contributed by atoms with Crippen molar-refractivity contribution in [2.45, 2.75) is 29.9 Å². The number of nitrogens with zero attached hydrogens (tertiary/aromatic N) is 2. The fourth-order valence-electron chi connectivity index (χ4n) is 2.67. The van der Waals surface area contributed by atoms with Crippen molar-refractivity contribution in [2.75, 3.05) is 6.54 Å². The van der Waals surface area contributed by atoms with Crippen molar-refractivity contribution in [3.63, 3.8) is 0 Å². The molecule has 3 rings (SSSR count). The summed E-state index contributed by atoms with van der Waals surface area (Å²) < 4.78 is 42.5. The number of rotatable bonds is 7. The maximum absolute atomic E-state index is 13.4. The molecule has 0 spiro atoms. The van der Waals surface area contributed by atoms with E-state index in [9.17, 15) is 18.0 Å². The third kappa shape index (κ3) is 5.89. The molecule has 11 heteroatoms. The second kappa shape index (κ2) is 9.88. The number of aromatic nitrogens is 1. The number of hydrogen-bond donors (Lipinski definition) is 2.